The summed E-state index contributed by atoms with van der Waals surface area (Å²) < 4.78 is 40.8. The molecule has 2 aromatic carbocycles. The maximum Gasteiger partial charge on any atom is 0.412 e. The van der Waals surface area contributed by atoms with Gasteiger partial charge in [-0.1, -0.05) is 12.1 Å². The molecule has 2 aromatic rings. The van der Waals surface area contributed by atoms with E-state index >= 15 is 0 Å². The number of imide groups is 1. The third-order valence-electron chi connectivity index (χ3n) is 5.61. The molecule has 3 N–H and O–H groups in total. The molecule has 2 heterocycles. The van der Waals surface area contributed by atoms with Crippen molar-refractivity contribution in [2.45, 2.75) is 37.6 Å². The number of aromatic hydroxyl groups is 1. The second-order valence-corrected chi connectivity index (χ2v) is 7.81. The van der Waals surface area contributed by atoms with Gasteiger partial charge in [-0.3, -0.25) is 24.5 Å². The summed E-state index contributed by atoms with van der Waals surface area (Å²) in [6.07, 6.45) is -4.54. The van der Waals surface area contributed by atoms with Gasteiger partial charge >= 0.3 is 6.18 Å². The van der Waals surface area contributed by atoms with E-state index < -0.39 is 41.9 Å². The van der Waals surface area contributed by atoms with Crippen molar-refractivity contribution in [1.29, 1.82) is 0 Å². The minimum Gasteiger partial charge on any atom is -0.508 e. The van der Waals surface area contributed by atoms with Crippen LogP contribution in [0.1, 0.15) is 50.7 Å². The summed E-state index contributed by atoms with van der Waals surface area (Å²) in [5.41, 5.74) is 0.293. The Morgan fingerprint density at radius 2 is 1.82 bits per heavy atom. The predicted octanol–water partition coefficient (Wildman–Crippen LogP) is 2.19. The maximum atomic E-state index is 13.6. The minimum atomic E-state index is -4.79. The lowest BCUT2D eigenvalue weighted by Gasteiger charge is -2.29. The van der Waals surface area contributed by atoms with Crippen molar-refractivity contribution in [3.8, 4) is 5.75 Å². The topological polar surface area (TPSA) is 116 Å². The van der Waals surface area contributed by atoms with Gasteiger partial charge in [-0.2, -0.15) is 13.2 Å². The van der Waals surface area contributed by atoms with Gasteiger partial charge < -0.3 is 15.3 Å². The first kappa shape index (κ1) is 22.3. The van der Waals surface area contributed by atoms with Gasteiger partial charge in [-0.15, -0.1) is 0 Å². The predicted molar refractivity (Wildman–Crippen MR) is 107 cm³/mol. The van der Waals surface area contributed by atoms with Gasteiger partial charge in [-0.05, 0) is 47.9 Å². The van der Waals surface area contributed by atoms with Crippen LogP contribution in [0.25, 0.3) is 0 Å². The number of hydrogen-bond donors (Lipinski definition) is 3. The molecule has 0 radical (unpaired) electrons. The van der Waals surface area contributed by atoms with E-state index in [1.165, 1.54) is 23.1 Å². The van der Waals surface area contributed by atoms with E-state index in [1.807, 2.05) is 5.32 Å². The molecule has 0 aliphatic carbocycles. The highest BCUT2D eigenvalue weighted by molar-refractivity contribution is 6.06. The number of piperidine rings is 1. The molecule has 1 fully saturated rings. The lowest BCUT2D eigenvalue weighted by atomic mass is 10.0. The standard InChI is InChI=1S/C22H18F3N3O5/c23-22(24,25)18(11-1-4-14(29)5-2-11)27-19(31)12-3-6-15-13(9-12)10-28(21(15)33)16-7-8-17(30)26-20(16)32/h1-6,9,16,18,29H,7-8,10H2,(H,27,31)(H,26,30,32)/t16?,18-/m1/s1. The van der Waals surface area contributed by atoms with Crippen LogP contribution in [0.4, 0.5) is 13.2 Å². The van der Waals surface area contributed by atoms with Crippen LogP contribution in [0.5, 0.6) is 5.75 Å². The molecule has 172 valence electrons. The lowest BCUT2D eigenvalue weighted by Crippen LogP contribution is -2.52. The first-order valence-corrected chi connectivity index (χ1v) is 9.98. The van der Waals surface area contributed by atoms with E-state index in [1.54, 1.807) is 0 Å². The van der Waals surface area contributed by atoms with E-state index in [0.717, 1.165) is 24.3 Å². The Morgan fingerprint density at radius 3 is 2.45 bits per heavy atom. The van der Waals surface area contributed by atoms with Crippen LogP contribution in [0.2, 0.25) is 0 Å². The average Bonchev–Trinajstić information content (AvgIpc) is 3.07. The monoisotopic (exact) mass is 461 g/mol. The highest BCUT2D eigenvalue weighted by atomic mass is 19.4. The van der Waals surface area contributed by atoms with Gasteiger partial charge in [0.1, 0.15) is 11.8 Å². The summed E-state index contributed by atoms with van der Waals surface area (Å²) in [5, 5.41) is 13.4. The number of hydrogen-bond acceptors (Lipinski definition) is 5. The number of rotatable bonds is 4. The number of carbonyl (C=O) groups is 4. The van der Waals surface area contributed by atoms with Crippen LogP contribution < -0.4 is 10.6 Å². The molecular formula is C22H18F3N3O5. The molecule has 0 spiro atoms. The van der Waals surface area contributed by atoms with Gasteiger partial charge in [0.25, 0.3) is 11.8 Å². The summed E-state index contributed by atoms with van der Waals surface area (Å²) >= 11 is 0. The highest BCUT2D eigenvalue weighted by Gasteiger charge is 2.43. The number of carbonyl (C=O) groups excluding carboxylic acids is 4. The number of alkyl halides is 3. The summed E-state index contributed by atoms with van der Waals surface area (Å²) in [7, 11) is 0. The summed E-state index contributed by atoms with van der Waals surface area (Å²) in [6, 6.07) is 5.05. The zero-order chi connectivity index (χ0) is 23.9. The Balaban J connectivity index is 1.54. The number of phenolic OH excluding ortho intramolecular Hbond substituents is 1. The van der Waals surface area contributed by atoms with Gasteiger partial charge in [0.15, 0.2) is 6.04 Å². The molecular weight excluding hydrogens is 443 g/mol. The van der Waals surface area contributed by atoms with Crippen LogP contribution in [0.15, 0.2) is 42.5 Å². The number of fused-ring (bicyclic) bond motifs is 1. The number of benzene rings is 2. The van der Waals surface area contributed by atoms with Crippen LogP contribution in [0.3, 0.4) is 0 Å². The Hall–Kier alpha value is -3.89. The van der Waals surface area contributed by atoms with Crippen molar-refractivity contribution in [1.82, 2.24) is 15.5 Å². The first-order valence-electron chi connectivity index (χ1n) is 9.98. The van der Waals surface area contributed by atoms with E-state index in [9.17, 15) is 37.5 Å². The Morgan fingerprint density at radius 1 is 1.12 bits per heavy atom. The van der Waals surface area contributed by atoms with Crippen molar-refractivity contribution < 1.29 is 37.5 Å². The van der Waals surface area contributed by atoms with Crippen molar-refractivity contribution in [2.75, 3.05) is 0 Å². The third kappa shape index (κ3) is 4.38. The summed E-state index contributed by atoms with van der Waals surface area (Å²) in [6.45, 7) is -0.0117. The highest BCUT2D eigenvalue weighted by Crippen LogP contribution is 2.34. The third-order valence-corrected chi connectivity index (χ3v) is 5.61. The van der Waals surface area contributed by atoms with Crippen LogP contribution in [0, 0.1) is 0 Å². The Labute approximate surface area is 185 Å². The van der Waals surface area contributed by atoms with Crippen molar-refractivity contribution in [2.24, 2.45) is 0 Å². The summed E-state index contributed by atoms with van der Waals surface area (Å²) in [4.78, 5) is 50.1. The molecule has 1 unspecified atom stereocenters. The lowest BCUT2D eigenvalue weighted by molar-refractivity contribution is -0.155. The molecule has 8 nitrogen and oxygen atoms in total. The molecule has 33 heavy (non-hydrogen) atoms. The van der Waals surface area contributed by atoms with Crippen LogP contribution >= 0.6 is 0 Å². The molecule has 2 atom stereocenters. The second kappa shape index (κ2) is 8.23. The maximum absolute atomic E-state index is 13.6. The van der Waals surface area contributed by atoms with Crippen molar-refractivity contribution in [3.63, 3.8) is 0 Å². The molecule has 4 amide bonds. The quantitative estimate of drug-likeness (QED) is 0.604. The van der Waals surface area contributed by atoms with Gasteiger partial charge in [0.2, 0.25) is 11.8 Å². The largest absolute Gasteiger partial charge is 0.508 e. The zero-order valence-electron chi connectivity index (χ0n) is 17.0. The molecule has 1 saturated heterocycles. The number of amides is 4. The first-order chi connectivity index (χ1) is 15.5. The fraction of sp³-hybridized carbons (Fsp3) is 0.273. The molecule has 2 aliphatic rings. The number of nitrogens with zero attached hydrogens (tertiary/aromatic N) is 1. The number of phenols is 1. The molecule has 2 aliphatic heterocycles. The molecule has 0 bridgehead atoms. The van der Waals surface area contributed by atoms with Gasteiger partial charge in [0.05, 0.1) is 0 Å². The smallest absolute Gasteiger partial charge is 0.412 e. The van der Waals surface area contributed by atoms with Crippen LogP contribution in [-0.2, 0) is 16.1 Å². The van der Waals surface area contributed by atoms with E-state index in [0.29, 0.717) is 5.56 Å². The van der Waals surface area contributed by atoms with Gasteiger partial charge in [-0.25, -0.2) is 0 Å². The van der Waals surface area contributed by atoms with E-state index in [4.69, 9.17) is 0 Å². The zero-order valence-corrected chi connectivity index (χ0v) is 17.0. The van der Waals surface area contributed by atoms with E-state index in [2.05, 4.69) is 5.32 Å². The fourth-order valence-corrected chi connectivity index (χ4v) is 3.95. The molecule has 0 aromatic heterocycles. The van der Waals surface area contributed by atoms with E-state index in [-0.39, 0.29) is 41.8 Å². The SMILES string of the molecule is O=C1CCC(N2Cc3cc(C(=O)N[C@H](c4ccc(O)cc4)C(F)(F)F)ccc3C2=O)C(=O)N1. The van der Waals surface area contributed by atoms with Crippen molar-refractivity contribution >= 4 is 23.6 Å². The number of halogens is 3. The molecule has 11 heteroatoms. The van der Waals surface area contributed by atoms with Crippen molar-refractivity contribution in [3.05, 3.63) is 64.7 Å². The minimum absolute atomic E-state index is 0.0117. The Kier molecular flexibility index (Phi) is 5.56. The van der Waals surface area contributed by atoms with Gasteiger partial charge in [0, 0.05) is 24.1 Å². The average molecular weight is 461 g/mol. The van der Waals surface area contributed by atoms with Crippen LogP contribution in [-0.4, -0.2) is 45.9 Å². The normalized spacial score (nSPS) is 19.2. The molecule has 4 rings (SSSR count). The summed E-state index contributed by atoms with van der Waals surface area (Å²) in [5.74, 6) is -2.68. The Bertz CT molecular complexity index is 1150. The molecule has 0 saturated carbocycles. The number of nitrogens with one attached hydrogen (secondary N) is 2. The second-order valence-electron chi connectivity index (χ2n) is 7.81. The fourth-order valence-electron chi connectivity index (χ4n) is 3.95.